The van der Waals surface area contributed by atoms with Crippen molar-refractivity contribution in [3.05, 3.63) is 83.9 Å². The molecule has 1 aliphatic rings. The summed E-state index contributed by atoms with van der Waals surface area (Å²) in [5.74, 6) is -0.839. The molecule has 3 aromatic carbocycles. The summed E-state index contributed by atoms with van der Waals surface area (Å²) >= 11 is 0. The molecular weight excluding hydrogens is 467 g/mol. The number of alkyl halides is 3. The second-order valence-corrected chi connectivity index (χ2v) is 9.78. The van der Waals surface area contributed by atoms with Gasteiger partial charge in [-0.1, -0.05) is 48.5 Å². The van der Waals surface area contributed by atoms with Gasteiger partial charge >= 0.3 is 6.18 Å². The smallest absolute Gasteiger partial charge is 0.399 e. The van der Waals surface area contributed by atoms with E-state index in [1.807, 2.05) is 5.32 Å². The van der Waals surface area contributed by atoms with Crippen molar-refractivity contribution in [1.29, 1.82) is 0 Å². The number of carbonyl (C=O) groups excluding carboxylic acids is 1. The van der Waals surface area contributed by atoms with Crippen LogP contribution in [0.1, 0.15) is 17.5 Å². The van der Waals surface area contributed by atoms with Crippen LogP contribution in [0.5, 0.6) is 0 Å². The number of carbonyl (C=O) groups is 1. The van der Waals surface area contributed by atoms with Gasteiger partial charge < -0.3 is 11.1 Å². The van der Waals surface area contributed by atoms with Crippen LogP contribution in [-0.2, 0) is 20.2 Å². The molecular formula is C24H22F3N3O3S. The van der Waals surface area contributed by atoms with Crippen LogP contribution in [-0.4, -0.2) is 33.6 Å². The Kier molecular flexibility index (Phi) is 6.13. The highest BCUT2D eigenvalue weighted by Gasteiger charge is 2.49. The number of amides is 1. The molecule has 4 N–H and O–H groups in total. The number of nitrogen functional groups attached to an aromatic ring is 1. The fourth-order valence-corrected chi connectivity index (χ4v) is 5.42. The molecule has 0 spiro atoms. The van der Waals surface area contributed by atoms with Gasteiger partial charge in [-0.2, -0.15) is 13.2 Å². The normalized spacial score (nSPS) is 14.3. The molecule has 0 heterocycles. The molecule has 0 unspecified atom stereocenters. The van der Waals surface area contributed by atoms with E-state index in [2.05, 4.69) is 4.72 Å². The van der Waals surface area contributed by atoms with Crippen LogP contribution in [0.4, 0.5) is 18.9 Å². The van der Waals surface area contributed by atoms with Gasteiger partial charge in [0.15, 0.2) is 0 Å². The van der Waals surface area contributed by atoms with Crippen molar-refractivity contribution in [1.82, 2.24) is 10.0 Å². The van der Waals surface area contributed by atoms with E-state index in [0.717, 1.165) is 11.1 Å². The molecule has 34 heavy (non-hydrogen) atoms. The average molecular weight is 490 g/mol. The molecule has 0 aromatic heterocycles. The Morgan fingerprint density at radius 1 is 0.882 bits per heavy atom. The zero-order valence-corrected chi connectivity index (χ0v) is 18.7. The van der Waals surface area contributed by atoms with E-state index >= 15 is 0 Å². The van der Waals surface area contributed by atoms with Gasteiger partial charge in [-0.05, 0) is 52.9 Å². The first-order chi connectivity index (χ1) is 16.0. The van der Waals surface area contributed by atoms with Gasteiger partial charge in [-0.3, -0.25) is 4.79 Å². The molecule has 0 saturated carbocycles. The van der Waals surface area contributed by atoms with E-state index in [-0.39, 0.29) is 17.9 Å². The van der Waals surface area contributed by atoms with Gasteiger partial charge in [0, 0.05) is 12.2 Å². The van der Waals surface area contributed by atoms with Gasteiger partial charge in [-0.15, -0.1) is 0 Å². The van der Waals surface area contributed by atoms with Crippen molar-refractivity contribution in [3.63, 3.8) is 0 Å². The van der Waals surface area contributed by atoms with E-state index in [0.29, 0.717) is 16.8 Å². The largest absolute Gasteiger partial charge is 0.405 e. The first-order valence-corrected chi connectivity index (χ1v) is 11.9. The number of benzene rings is 3. The third-order valence-corrected chi connectivity index (χ3v) is 7.36. The summed E-state index contributed by atoms with van der Waals surface area (Å²) in [5, 5.41) is 2.02. The minimum atomic E-state index is -4.59. The Bertz CT molecular complexity index is 1280. The number of hydrogen-bond acceptors (Lipinski definition) is 4. The zero-order valence-electron chi connectivity index (χ0n) is 17.9. The second-order valence-electron chi connectivity index (χ2n) is 8.01. The van der Waals surface area contributed by atoms with E-state index < -0.39 is 34.1 Å². The molecule has 0 bridgehead atoms. The van der Waals surface area contributed by atoms with Crippen molar-refractivity contribution < 1.29 is 26.4 Å². The van der Waals surface area contributed by atoms with Crippen molar-refractivity contribution in [3.8, 4) is 11.1 Å². The van der Waals surface area contributed by atoms with E-state index in [1.54, 1.807) is 48.5 Å². The van der Waals surface area contributed by atoms with Crippen molar-refractivity contribution >= 4 is 21.6 Å². The number of fused-ring (bicyclic) bond motifs is 3. The third-order valence-electron chi connectivity index (χ3n) is 5.88. The summed E-state index contributed by atoms with van der Waals surface area (Å²) in [4.78, 5) is 13.4. The molecule has 0 radical (unpaired) electrons. The molecule has 1 aliphatic carbocycles. The minimum Gasteiger partial charge on any atom is -0.399 e. The summed E-state index contributed by atoms with van der Waals surface area (Å²) in [6.07, 6.45) is -4.68. The van der Waals surface area contributed by atoms with Crippen molar-refractivity contribution in [2.75, 3.05) is 18.8 Å². The SMILES string of the molecule is Nc1ccc(S(=O)(=O)NCCC2(C(=O)NCC(F)(F)F)c3ccccc3-c3ccccc32)cc1. The molecule has 4 rings (SSSR count). The maximum atomic E-state index is 13.4. The zero-order chi connectivity index (χ0) is 24.6. The quantitative estimate of drug-likeness (QED) is 0.442. The van der Waals surface area contributed by atoms with Gasteiger partial charge in [0.25, 0.3) is 0 Å². The lowest BCUT2D eigenvalue weighted by molar-refractivity contribution is -0.141. The fraction of sp³-hybridized carbons (Fsp3) is 0.208. The number of sulfonamides is 1. The highest BCUT2D eigenvalue weighted by Crippen LogP contribution is 2.50. The number of halogens is 3. The maximum absolute atomic E-state index is 13.4. The number of nitrogens with one attached hydrogen (secondary N) is 2. The van der Waals surface area contributed by atoms with E-state index in [9.17, 15) is 26.4 Å². The monoisotopic (exact) mass is 489 g/mol. The van der Waals surface area contributed by atoms with Crippen LogP contribution in [0.15, 0.2) is 77.7 Å². The van der Waals surface area contributed by atoms with Crippen LogP contribution in [0, 0.1) is 0 Å². The Morgan fingerprint density at radius 3 is 1.94 bits per heavy atom. The Balaban J connectivity index is 1.70. The number of rotatable bonds is 7. The Labute approximate surface area is 195 Å². The highest BCUT2D eigenvalue weighted by molar-refractivity contribution is 7.89. The van der Waals surface area contributed by atoms with Crippen LogP contribution >= 0.6 is 0 Å². The first-order valence-electron chi connectivity index (χ1n) is 10.4. The highest BCUT2D eigenvalue weighted by atomic mass is 32.2. The number of anilines is 1. The number of nitrogens with two attached hydrogens (primary N) is 1. The lowest BCUT2D eigenvalue weighted by Crippen LogP contribution is -2.48. The molecule has 6 nitrogen and oxygen atoms in total. The first kappa shape index (κ1) is 23.8. The fourth-order valence-electron chi connectivity index (χ4n) is 4.39. The standard InChI is InChI=1S/C24H22F3N3O3S/c25-24(26,27)15-29-22(31)23(13-14-30-34(32,33)17-11-9-16(28)10-12-17)20-7-3-1-5-18(20)19-6-2-4-8-21(19)23/h1-12,30H,13-15,28H2,(H,29,31). The number of hydrogen-bond donors (Lipinski definition) is 3. The predicted octanol–water partition coefficient (Wildman–Crippen LogP) is 3.58. The molecule has 0 fully saturated rings. The Hall–Kier alpha value is -3.37. The molecule has 0 aliphatic heterocycles. The minimum absolute atomic E-state index is 0.00973. The van der Waals surface area contributed by atoms with Gasteiger partial charge in [0.05, 0.1) is 4.90 Å². The maximum Gasteiger partial charge on any atom is 0.405 e. The van der Waals surface area contributed by atoms with Crippen LogP contribution in [0.25, 0.3) is 11.1 Å². The van der Waals surface area contributed by atoms with Crippen molar-refractivity contribution in [2.24, 2.45) is 0 Å². The van der Waals surface area contributed by atoms with Gasteiger partial charge in [0.1, 0.15) is 12.0 Å². The van der Waals surface area contributed by atoms with Crippen LogP contribution < -0.4 is 15.8 Å². The predicted molar refractivity (Wildman–Crippen MR) is 122 cm³/mol. The molecule has 1 amide bonds. The third kappa shape index (κ3) is 4.38. The van der Waals surface area contributed by atoms with Gasteiger partial charge in [0.2, 0.25) is 15.9 Å². The van der Waals surface area contributed by atoms with Crippen LogP contribution in [0.2, 0.25) is 0 Å². The summed E-state index contributed by atoms with van der Waals surface area (Å²) < 4.78 is 66.7. The van der Waals surface area contributed by atoms with E-state index in [1.165, 1.54) is 24.3 Å². The molecule has 178 valence electrons. The summed E-state index contributed by atoms with van der Waals surface area (Å²) in [5.41, 5.74) is 7.02. The van der Waals surface area contributed by atoms with Crippen molar-refractivity contribution in [2.45, 2.75) is 22.9 Å². The average Bonchev–Trinajstić information content (AvgIpc) is 3.08. The summed E-state index contributed by atoms with van der Waals surface area (Å²) in [7, 11) is -3.93. The molecule has 0 saturated heterocycles. The van der Waals surface area contributed by atoms with E-state index in [4.69, 9.17) is 5.73 Å². The second kappa shape index (κ2) is 8.77. The summed E-state index contributed by atoms with van der Waals surface area (Å²) in [6, 6.07) is 19.5. The summed E-state index contributed by atoms with van der Waals surface area (Å²) in [6.45, 7) is -1.68. The molecule has 0 atom stereocenters. The van der Waals surface area contributed by atoms with Gasteiger partial charge in [-0.25, -0.2) is 13.1 Å². The van der Waals surface area contributed by atoms with Crippen LogP contribution in [0.3, 0.4) is 0 Å². The lowest BCUT2D eigenvalue weighted by Gasteiger charge is -2.31. The topological polar surface area (TPSA) is 101 Å². The molecule has 3 aromatic rings. The Morgan fingerprint density at radius 2 is 1.41 bits per heavy atom. The lowest BCUT2D eigenvalue weighted by atomic mass is 9.74. The molecule has 10 heteroatoms.